The Bertz CT molecular complexity index is 667. The van der Waals surface area contributed by atoms with Crippen molar-refractivity contribution in [2.75, 3.05) is 13.6 Å². The summed E-state index contributed by atoms with van der Waals surface area (Å²) in [7, 11) is 2.01. The molecule has 0 bridgehead atoms. The lowest BCUT2D eigenvalue weighted by atomic mass is 10.2. The van der Waals surface area contributed by atoms with Crippen LogP contribution in [0.4, 0.5) is 0 Å². The predicted octanol–water partition coefficient (Wildman–Crippen LogP) is 2.18. The minimum Gasteiger partial charge on any atom is -0.343 e. The number of nitrogens with zero attached hydrogens (tertiary/aromatic N) is 4. The monoisotopic (exact) mass is 329 g/mol. The molecule has 1 N–H and O–H groups in total. The number of aromatic nitrogens is 3. The molecule has 128 valence electrons. The predicted molar refractivity (Wildman–Crippen MR) is 89.0 cm³/mol. The number of pyridine rings is 1. The SMILES string of the molecule is C[C@@H](NC(=O)CN(C)C1CCCC1)c1nc(-c2ccncc2)no1. The van der Waals surface area contributed by atoms with Gasteiger partial charge in [-0.15, -0.1) is 0 Å². The maximum atomic E-state index is 12.2. The molecular weight excluding hydrogens is 306 g/mol. The average molecular weight is 329 g/mol. The van der Waals surface area contributed by atoms with Gasteiger partial charge in [0.2, 0.25) is 17.6 Å². The van der Waals surface area contributed by atoms with Gasteiger partial charge in [-0.1, -0.05) is 18.0 Å². The Balaban J connectivity index is 1.55. The Kier molecular flexibility index (Phi) is 5.20. The van der Waals surface area contributed by atoms with Crippen molar-refractivity contribution in [2.45, 2.75) is 44.7 Å². The number of hydrogen-bond donors (Lipinski definition) is 1. The van der Waals surface area contributed by atoms with Crippen LogP contribution in [0.25, 0.3) is 11.4 Å². The minimum atomic E-state index is -0.322. The Morgan fingerprint density at radius 3 is 2.79 bits per heavy atom. The summed E-state index contributed by atoms with van der Waals surface area (Å²) >= 11 is 0. The lowest BCUT2D eigenvalue weighted by Gasteiger charge is -2.23. The van der Waals surface area contributed by atoms with Crippen LogP contribution in [0.2, 0.25) is 0 Å². The molecule has 0 spiro atoms. The molecule has 1 aliphatic rings. The molecule has 7 heteroatoms. The molecule has 0 radical (unpaired) electrons. The van der Waals surface area contributed by atoms with E-state index in [0.717, 1.165) is 5.56 Å². The van der Waals surface area contributed by atoms with E-state index in [9.17, 15) is 4.79 Å². The smallest absolute Gasteiger partial charge is 0.249 e. The van der Waals surface area contributed by atoms with Gasteiger partial charge >= 0.3 is 0 Å². The van der Waals surface area contributed by atoms with Gasteiger partial charge in [-0.05, 0) is 38.9 Å². The van der Waals surface area contributed by atoms with Crippen molar-refractivity contribution in [1.82, 2.24) is 25.3 Å². The van der Waals surface area contributed by atoms with Crippen LogP contribution in [0.5, 0.6) is 0 Å². The number of rotatable bonds is 6. The average Bonchev–Trinajstić information content (AvgIpc) is 3.27. The molecule has 2 heterocycles. The fraction of sp³-hybridized carbons (Fsp3) is 0.529. The molecule has 24 heavy (non-hydrogen) atoms. The fourth-order valence-corrected chi connectivity index (χ4v) is 3.08. The van der Waals surface area contributed by atoms with Crippen LogP contribution in [0.1, 0.15) is 44.5 Å². The van der Waals surface area contributed by atoms with E-state index < -0.39 is 0 Å². The summed E-state index contributed by atoms with van der Waals surface area (Å²) < 4.78 is 5.28. The van der Waals surface area contributed by atoms with Crippen molar-refractivity contribution < 1.29 is 9.32 Å². The first-order chi connectivity index (χ1) is 11.6. The molecule has 0 aromatic carbocycles. The molecule has 1 atom stereocenters. The number of likely N-dealkylation sites (N-methyl/N-ethyl adjacent to an activating group) is 1. The third-order valence-corrected chi connectivity index (χ3v) is 4.47. The van der Waals surface area contributed by atoms with Gasteiger partial charge in [0.05, 0.1) is 6.54 Å². The molecule has 0 saturated heterocycles. The van der Waals surface area contributed by atoms with E-state index >= 15 is 0 Å². The third kappa shape index (κ3) is 3.97. The van der Waals surface area contributed by atoms with Gasteiger partial charge in [0.15, 0.2) is 0 Å². The fourth-order valence-electron chi connectivity index (χ4n) is 3.08. The third-order valence-electron chi connectivity index (χ3n) is 4.47. The molecule has 2 aromatic rings. The van der Waals surface area contributed by atoms with Crippen molar-refractivity contribution in [3.8, 4) is 11.4 Å². The quantitative estimate of drug-likeness (QED) is 0.874. The molecule has 3 rings (SSSR count). The maximum absolute atomic E-state index is 12.2. The summed E-state index contributed by atoms with van der Waals surface area (Å²) in [6, 6.07) is 3.83. The largest absolute Gasteiger partial charge is 0.343 e. The highest BCUT2D eigenvalue weighted by atomic mass is 16.5. The summed E-state index contributed by atoms with van der Waals surface area (Å²) in [5, 5.41) is 6.89. The van der Waals surface area contributed by atoms with Gasteiger partial charge in [0, 0.05) is 24.0 Å². The minimum absolute atomic E-state index is 0.0273. The van der Waals surface area contributed by atoms with Crippen molar-refractivity contribution in [3.63, 3.8) is 0 Å². The first-order valence-corrected chi connectivity index (χ1v) is 8.37. The van der Waals surface area contributed by atoms with Gasteiger partial charge in [-0.25, -0.2) is 0 Å². The molecule has 1 amide bonds. The molecule has 1 fully saturated rings. The second kappa shape index (κ2) is 7.53. The summed E-state index contributed by atoms with van der Waals surface area (Å²) in [5.74, 6) is 0.871. The first kappa shape index (κ1) is 16.6. The Morgan fingerprint density at radius 1 is 1.38 bits per heavy atom. The highest BCUT2D eigenvalue weighted by Gasteiger charge is 2.23. The summed E-state index contributed by atoms with van der Waals surface area (Å²) in [6.07, 6.45) is 8.22. The van der Waals surface area contributed by atoms with E-state index in [-0.39, 0.29) is 11.9 Å². The van der Waals surface area contributed by atoms with Crippen LogP contribution >= 0.6 is 0 Å². The van der Waals surface area contributed by atoms with Crippen LogP contribution in [0, 0.1) is 0 Å². The normalized spacial score (nSPS) is 16.5. The van der Waals surface area contributed by atoms with Gasteiger partial charge in [0.25, 0.3) is 0 Å². The van der Waals surface area contributed by atoms with E-state index in [4.69, 9.17) is 4.52 Å². The van der Waals surface area contributed by atoms with E-state index in [0.29, 0.717) is 24.3 Å². The number of amides is 1. The highest BCUT2D eigenvalue weighted by Crippen LogP contribution is 2.22. The van der Waals surface area contributed by atoms with Crippen molar-refractivity contribution >= 4 is 5.91 Å². The van der Waals surface area contributed by atoms with Crippen molar-refractivity contribution in [2.24, 2.45) is 0 Å². The van der Waals surface area contributed by atoms with Gasteiger partial charge in [0.1, 0.15) is 6.04 Å². The molecule has 0 unspecified atom stereocenters. The number of carbonyl (C=O) groups excluding carboxylic acids is 1. The van der Waals surface area contributed by atoms with E-state index in [1.165, 1.54) is 25.7 Å². The second-order valence-corrected chi connectivity index (χ2v) is 6.33. The summed E-state index contributed by atoms with van der Waals surface area (Å²) in [6.45, 7) is 2.23. The zero-order valence-electron chi connectivity index (χ0n) is 14.1. The molecule has 1 saturated carbocycles. The van der Waals surface area contributed by atoms with Crippen LogP contribution in [0.15, 0.2) is 29.0 Å². The molecule has 0 aliphatic heterocycles. The highest BCUT2D eigenvalue weighted by molar-refractivity contribution is 5.78. The maximum Gasteiger partial charge on any atom is 0.249 e. The van der Waals surface area contributed by atoms with E-state index in [1.807, 2.05) is 26.1 Å². The molecule has 1 aliphatic carbocycles. The number of carbonyl (C=O) groups is 1. The Labute approximate surface area is 141 Å². The van der Waals surface area contributed by atoms with E-state index in [1.54, 1.807) is 12.4 Å². The van der Waals surface area contributed by atoms with Crippen LogP contribution in [-0.2, 0) is 4.79 Å². The zero-order chi connectivity index (χ0) is 16.9. The molecular formula is C17H23N5O2. The Morgan fingerprint density at radius 2 is 2.08 bits per heavy atom. The van der Waals surface area contributed by atoms with Crippen LogP contribution in [0.3, 0.4) is 0 Å². The second-order valence-electron chi connectivity index (χ2n) is 6.33. The van der Waals surface area contributed by atoms with Gasteiger partial charge in [-0.2, -0.15) is 4.98 Å². The van der Waals surface area contributed by atoms with E-state index in [2.05, 4.69) is 25.3 Å². The first-order valence-electron chi connectivity index (χ1n) is 8.37. The lowest BCUT2D eigenvalue weighted by molar-refractivity contribution is -0.123. The standard InChI is InChI=1S/C17H23N5O2/c1-12(19-15(23)11-22(2)14-5-3-4-6-14)17-20-16(21-24-17)13-7-9-18-10-8-13/h7-10,12,14H,3-6,11H2,1-2H3,(H,19,23)/t12-/m1/s1. The van der Waals surface area contributed by atoms with Gasteiger partial charge in [-0.3, -0.25) is 14.7 Å². The molecule has 7 nitrogen and oxygen atoms in total. The number of nitrogens with one attached hydrogen (secondary N) is 1. The summed E-state index contributed by atoms with van der Waals surface area (Å²) in [4.78, 5) is 22.7. The number of hydrogen-bond acceptors (Lipinski definition) is 6. The van der Waals surface area contributed by atoms with Crippen molar-refractivity contribution in [3.05, 3.63) is 30.4 Å². The van der Waals surface area contributed by atoms with Crippen LogP contribution < -0.4 is 5.32 Å². The van der Waals surface area contributed by atoms with Gasteiger partial charge < -0.3 is 9.84 Å². The topological polar surface area (TPSA) is 84.2 Å². The Hall–Kier alpha value is -2.28. The van der Waals surface area contributed by atoms with Crippen molar-refractivity contribution in [1.29, 1.82) is 0 Å². The summed E-state index contributed by atoms with van der Waals surface area (Å²) in [5.41, 5.74) is 0.833. The van der Waals surface area contributed by atoms with Crippen LogP contribution in [-0.4, -0.2) is 45.6 Å². The zero-order valence-corrected chi connectivity index (χ0v) is 14.1. The molecule has 2 aromatic heterocycles. The lowest BCUT2D eigenvalue weighted by Crippen LogP contribution is -2.40.